The van der Waals surface area contributed by atoms with Gasteiger partial charge in [-0.15, -0.1) is 0 Å². The quantitative estimate of drug-likeness (QED) is 0.610. The monoisotopic (exact) mass is 445 g/mol. The van der Waals surface area contributed by atoms with Crippen LogP contribution in [0, 0.1) is 9.39 Å². The zero-order valence-electron chi connectivity index (χ0n) is 10.7. The average Bonchev–Trinajstić information content (AvgIpc) is 2.37. The summed E-state index contributed by atoms with van der Waals surface area (Å²) in [6.07, 6.45) is 2.27. The maximum Gasteiger partial charge on any atom is 0.124 e. The third-order valence-electron chi connectivity index (χ3n) is 3.77. The second kappa shape index (κ2) is 6.02. The zero-order valence-corrected chi connectivity index (χ0v) is 14.5. The van der Waals surface area contributed by atoms with Crippen LogP contribution in [0.2, 0.25) is 0 Å². The van der Waals surface area contributed by atoms with Gasteiger partial charge in [-0.1, -0.05) is 28.1 Å². The van der Waals surface area contributed by atoms with E-state index in [2.05, 4.69) is 68.1 Å². The molecule has 1 saturated carbocycles. The first kappa shape index (κ1) is 14.3. The first-order chi connectivity index (χ1) is 9.61. The van der Waals surface area contributed by atoms with Gasteiger partial charge in [0.1, 0.15) is 5.82 Å². The van der Waals surface area contributed by atoms with E-state index in [0.29, 0.717) is 12.0 Å². The van der Waals surface area contributed by atoms with Crippen molar-refractivity contribution in [3.8, 4) is 0 Å². The van der Waals surface area contributed by atoms with Gasteiger partial charge in [0.15, 0.2) is 0 Å². The number of rotatable bonds is 3. The molecule has 1 N–H and O–H groups in total. The van der Waals surface area contributed by atoms with Gasteiger partial charge in [-0.25, -0.2) is 4.39 Å². The number of benzene rings is 2. The van der Waals surface area contributed by atoms with E-state index in [-0.39, 0.29) is 5.82 Å². The minimum absolute atomic E-state index is 0.179. The summed E-state index contributed by atoms with van der Waals surface area (Å²) in [6.45, 7) is 0. The molecule has 1 aliphatic rings. The lowest BCUT2D eigenvalue weighted by molar-refractivity contribution is 0.374. The van der Waals surface area contributed by atoms with Crippen LogP contribution in [-0.2, 0) is 0 Å². The minimum atomic E-state index is -0.179. The molecule has 2 aromatic rings. The maximum atomic E-state index is 13.1. The highest BCUT2D eigenvalue weighted by atomic mass is 127. The molecule has 1 nitrogen and oxygen atoms in total. The molecule has 0 aromatic heterocycles. The second-order valence-corrected chi connectivity index (χ2v) is 7.26. The van der Waals surface area contributed by atoms with Crippen LogP contribution in [0.1, 0.15) is 24.3 Å². The fourth-order valence-corrected chi connectivity index (χ4v) is 3.47. The highest BCUT2D eigenvalue weighted by Crippen LogP contribution is 2.39. The molecule has 4 heteroatoms. The van der Waals surface area contributed by atoms with Gasteiger partial charge in [-0.2, -0.15) is 0 Å². The summed E-state index contributed by atoms with van der Waals surface area (Å²) in [7, 11) is 0. The van der Waals surface area contributed by atoms with Gasteiger partial charge in [0.05, 0.1) is 0 Å². The molecule has 3 rings (SSSR count). The molecule has 0 saturated heterocycles. The molecule has 0 aliphatic heterocycles. The van der Waals surface area contributed by atoms with E-state index in [1.807, 2.05) is 6.07 Å². The molecule has 0 amide bonds. The molecule has 1 fully saturated rings. The number of hydrogen-bond donors (Lipinski definition) is 1. The van der Waals surface area contributed by atoms with Gasteiger partial charge in [0, 0.05) is 19.8 Å². The van der Waals surface area contributed by atoms with Crippen molar-refractivity contribution in [2.75, 3.05) is 5.32 Å². The highest BCUT2D eigenvalue weighted by Gasteiger charge is 2.30. The van der Waals surface area contributed by atoms with Crippen molar-refractivity contribution in [2.24, 2.45) is 0 Å². The van der Waals surface area contributed by atoms with Crippen molar-refractivity contribution >= 4 is 44.2 Å². The van der Waals surface area contributed by atoms with Gasteiger partial charge in [-0.05, 0) is 77.2 Å². The Hall–Kier alpha value is -0.620. The van der Waals surface area contributed by atoms with Crippen LogP contribution in [0.5, 0.6) is 0 Å². The summed E-state index contributed by atoms with van der Waals surface area (Å²) >= 11 is 5.63. The Morgan fingerprint density at radius 2 is 1.80 bits per heavy atom. The Morgan fingerprint density at radius 1 is 1.10 bits per heavy atom. The van der Waals surface area contributed by atoms with Crippen LogP contribution in [0.25, 0.3) is 0 Å². The first-order valence-corrected chi connectivity index (χ1v) is 8.46. The second-order valence-electron chi connectivity index (χ2n) is 5.19. The van der Waals surface area contributed by atoms with E-state index in [4.69, 9.17) is 0 Å². The summed E-state index contributed by atoms with van der Waals surface area (Å²) in [5, 5.41) is 3.50. The Bertz CT molecular complexity index is 608. The molecule has 20 heavy (non-hydrogen) atoms. The van der Waals surface area contributed by atoms with Crippen molar-refractivity contribution in [3.05, 3.63) is 61.9 Å². The van der Waals surface area contributed by atoms with Crippen molar-refractivity contribution in [1.29, 1.82) is 0 Å². The molecular formula is C16H14BrFIN. The average molecular weight is 446 g/mol. The minimum Gasteiger partial charge on any atom is -0.381 e. The topological polar surface area (TPSA) is 12.0 Å². The van der Waals surface area contributed by atoms with Gasteiger partial charge < -0.3 is 5.32 Å². The summed E-state index contributed by atoms with van der Waals surface area (Å²) in [4.78, 5) is 0. The summed E-state index contributed by atoms with van der Waals surface area (Å²) in [5.41, 5.74) is 2.44. The molecule has 0 atom stereocenters. The zero-order chi connectivity index (χ0) is 14.1. The number of halogens is 3. The third kappa shape index (κ3) is 3.17. The predicted octanol–water partition coefficient (Wildman–Crippen LogP) is 5.55. The van der Waals surface area contributed by atoms with Crippen LogP contribution >= 0.6 is 38.5 Å². The molecule has 0 unspecified atom stereocenters. The fraction of sp³-hybridized carbons (Fsp3) is 0.250. The highest BCUT2D eigenvalue weighted by molar-refractivity contribution is 14.1. The Labute approximate surface area is 140 Å². The van der Waals surface area contributed by atoms with Crippen molar-refractivity contribution in [2.45, 2.75) is 24.8 Å². The molecular weight excluding hydrogens is 432 g/mol. The molecule has 0 spiro atoms. The molecule has 0 bridgehead atoms. The standard InChI is InChI=1S/C16H14BrFIN/c17-12-3-1-10(2-4-12)11-7-14(8-11)20-16-6-5-13(18)9-15(16)19/h1-6,9,11,14,20H,7-8H2. The lowest BCUT2D eigenvalue weighted by Crippen LogP contribution is -2.34. The third-order valence-corrected chi connectivity index (χ3v) is 5.19. The number of hydrogen-bond acceptors (Lipinski definition) is 1. The van der Waals surface area contributed by atoms with E-state index in [0.717, 1.165) is 26.6 Å². The lowest BCUT2D eigenvalue weighted by Gasteiger charge is -2.37. The molecule has 1 aliphatic carbocycles. The first-order valence-electron chi connectivity index (χ1n) is 6.59. The van der Waals surface area contributed by atoms with E-state index < -0.39 is 0 Å². The normalized spacial score (nSPS) is 21.4. The summed E-state index contributed by atoms with van der Waals surface area (Å²) in [6, 6.07) is 14.0. The lowest BCUT2D eigenvalue weighted by atomic mass is 9.76. The number of nitrogens with one attached hydrogen (secondary N) is 1. The Kier molecular flexibility index (Phi) is 4.31. The summed E-state index contributed by atoms with van der Waals surface area (Å²) in [5.74, 6) is 0.458. The molecule has 104 valence electrons. The molecule has 0 radical (unpaired) electrons. The molecule has 0 heterocycles. The maximum absolute atomic E-state index is 13.1. The van der Waals surface area contributed by atoms with E-state index >= 15 is 0 Å². The van der Waals surface area contributed by atoms with E-state index in [9.17, 15) is 4.39 Å². The smallest absolute Gasteiger partial charge is 0.124 e. The summed E-state index contributed by atoms with van der Waals surface area (Å²) < 4.78 is 15.1. The van der Waals surface area contributed by atoms with Gasteiger partial charge >= 0.3 is 0 Å². The van der Waals surface area contributed by atoms with Gasteiger partial charge in [0.2, 0.25) is 0 Å². The van der Waals surface area contributed by atoms with E-state index in [1.54, 1.807) is 6.07 Å². The fourth-order valence-electron chi connectivity index (χ4n) is 2.57. The van der Waals surface area contributed by atoms with Crippen molar-refractivity contribution in [1.82, 2.24) is 0 Å². The van der Waals surface area contributed by atoms with Gasteiger partial charge in [-0.3, -0.25) is 0 Å². The van der Waals surface area contributed by atoms with Gasteiger partial charge in [0.25, 0.3) is 0 Å². The Morgan fingerprint density at radius 3 is 2.45 bits per heavy atom. The van der Waals surface area contributed by atoms with Crippen molar-refractivity contribution < 1.29 is 4.39 Å². The van der Waals surface area contributed by atoms with Crippen LogP contribution in [0.4, 0.5) is 10.1 Å². The van der Waals surface area contributed by atoms with E-state index in [1.165, 1.54) is 11.6 Å². The van der Waals surface area contributed by atoms with Crippen LogP contribution < -0.4 is 5.32 Å². The number of anilines is 1. The van der Waals surface area contributed by atoms with Crippen LogP contribution in [0.15, 0.2) is 46.9 Å². The van der Waals surface area contributed by atoms with Crippen LogP contribution in [0.3, 0.4) is 0 Å². The predicted molar refractivity (Wildman–Crippen MR) is 92.6 cm³/mol. The largest absolute Gasteiger partial charge is 0.381 e. The van der Waals surface area contributed by atoms with Crippen molar-refractivity contribution in [3.63, 3.8) is 0 Å². The van der Waals surface area contributed by atoms with Crippen LogP contribution in [-0.4, -0.2) is 6.04 Å². The Balaban J connectivity index is 1.59. The molecule has 2 aromatic carbocycles. The SMILES string of the molecule is Fc1ccc(NC2CC(c3ccc(Br)cc3)C2)c(I)c1.